The molecule has 0 heterocycles. The number of carbonyl (C=O) groups excluding carboxylic acids is 4. The summed E-state index contributed by atoms with van der Waals surface area (Å²) >= 11 is 0. The SMILES string of the molecule is CCCCCCCC(=O)OC(=O)CCCCC(=O)OC(=O)CCCCCCC. The third-order valence-corrected chi connectivity index (χ3v) is 4.44. The van der Waals surface area contributed by atoms with E-state index < -0.39 is 23.9 Å². The minimum absolute atomic E-state index is 0.0836. The van der Waals surface area contributed by atoms with Crippen LogP contribution in [0.1, 0.15) is 117 Å². The van der Waals surface area contributed by atoms with Crippen LogP contribution in [0, 0.1) is 0 Å². The van der Waals surface area contributed by atoms with E-state index in [1.807, 2.05) is 0 Å². The monoisotopic (exact) mass is 398 g/mol. The summed E-state index contributed by atoms with van der Waals surface area (Å²) in [5.41, 5.74) is 0. The van der Waals surface area contributed by atoms with Crippen LogP contribution in [0.2, 0.25) is 0 Å². The second-order valence-corrected chi connectivity index (χ2v) is 7.23. The van der Waals surface area contributed by atoms with E-state index in [-0.39, 0.29) is 25.7 Å². The molecule has 0 fully saturated rings. The maximum Gasteiger partial charge on any atom is 0.313 e. The number of unbranched alkanes of at least 4 members (excludes halogenated alkanes) is 9. The summed E-state index contributed by atoms with van der Waals surface area (Å²) in [6.45, 7) is 4.25. The molecule has 0 aliphatic heterocycles. The number of esters is 4. The molecule has 0 aromatic rings. The van der Waals surface area contributed by atoms with E-state index in [9.17, 15) is 19.2 Å². The molecule has 0 aromatic heterocycles. The topological polar surface area (TPSA) is 86.7 Å². The van der Waals surface area contributed by atoms with Crippen LogP contribution in [0.4, 0.5) is 0 Å². The number of ether oxygens (including phenoxy) is 2. The predicted molar refractivity (Wildman–Crippen MR) is 107 cm³/mol. The molecule has 28 heavy (non-hydrogen) atoms. The molecule has 0 bridgehead atoms. The summed E-state index contributed by atoms with van der Waals surface area (Å²) in [5.74, 6) is -2.08. The first-order chi connectivity index (χ1) is 13.5. The van der Waals surface area contributed by atoms with Crippen LogP contribution < -0.4 is 0 Å². The Morgan fingerprint density at radius 2 is 0.679 bits per heavy atom. The van der Waals surface area contributed by atoms with Crippen molar-refractivity contribution < 1.29 is 28.7 Å². The van der Waals surface area contributed by atoms with Crippen LogP contribution in [0.3, 0.4) is 0 Å². The molecule has 0 amide bonds. The quantitative estimate of drug-likeness (QED) is 0.185. The first kappa shape index (κ1) is 26.3. The molecule has 0 N–H and O–H groups in total. The average Bonchev–Trinajstić information content (AvgIpc) is 2.65. The molecule has 6 nitrogen and oxygen atoms in total. The van der Waals surface area contributed by atoms with Gasteiger partial charge in [0, 0.05) is 25.7 Å². The smallest absolute Gasteiger partial charge is 0.313 e. The van der Waals surface area contributed by atoms with Gasteiger partial charge in [-0.2, -0.15) is 0 Å². The predicted octanol–water partition coefficient (Wildman–Crippen LogP) is 5.41. The highest BCUT2D eigenvalue weighted by Crippen LogP contribution is 2.09. The fourth-order valence-electron chi connectivity index (χ4n) is 2.74. The Kier molecular flexibility index (Phi) is 17.5. The highest BCUT2D eigenvalue weighted by molar-refractivity contribution is 5.86. The van der Waals surface area contributed by atoms with Crippen molar-refractivity contribution in [2.45, 2.75) is 117 Å². The minimum atomic E-state index is -0.560. The molecule has 0 aliphatic carbocycles. The summed E-state index contributed by atoms with van der Waals surface area (Å²) in [4.78, 5) is 46.3. The van der Waals surface area contributed by atoms with Crippen molar-refractivity contribution in [1.29, 1.82) is 0 Å². The van der Waals surface area contributed by atoms with Crippen molar-refractivity contribution in [3.63, 3.8) is 0 Å². The van der Waals surface area contributed by atoms with E-state index in [0.29, 0.717) is 12.8 Å². The van der Waals surface area contributed by atoms with E-state index >= 15 is 0 Å². The average molecular weight is 399 g/mol. The Morgan fingerprint density at radius 3 is 0.964 bits per heavy atom. The Hall–Kier alpha value is -1.72. The van der Waals surface area contributed by atoms with Gasteiger partial charge in [-0.1, -0.05) is 65.2 Å². The van der Waals surface area contributed by atoms with Crippen LogP contribution >= 0.6 is 0 Å². The van der Waals surface area contributed by atoms with Crippen LogP contribution in [0.25, 0.3) is 0 Å². The van der Waals surface area contributed by atoms with Gasteiger partial charge in [-0.05, 0) is 25.7 Å². The highest BCUT2D eigenvalue weighted by Gasteiger charge is 2.12. The molecule has 0 aromatic carbocycles. The molecule has 0 saturated carbocycles. The van der Waals surface area contributed by atoms with Crippen molar-refractivity contribution >= 4 is 23.9 Å². The van der Waals surface area contributed by atoms with Gasteiger partial charge in [0.1, 0.15) is 0 Å². The molecule has 0 saturated heterocycles. The van der Waals surface area contributed by atoms with Gasteiger partial charge in [-0.3, -0.25) is 19.2 Å². The van der Waals surface area contributed by atoms with Crippen molar-refractivity contribution in [2.24, 2.45) is 0 Å². The molecule has 0 aliphatic rings. The Balaban J connectivity index is 3.63. The fourth-order valence-corrected chi connectivity index (χ4v) is 2.74. The molecule has 0 unspecified atom stereocenters. The van der Waals surface area contributed by atoms with Crippen molar-refractivity contribution in [3.8, 4) is 0 Å². The largest absolute Gasteiger partial charge is 0.393 e. The lowest BCUT2D eigenvalue weighted by Gasteiger charge is -2.04. The van der Waals surface area contributed by atoms with Crippen LogP contribution in [0.15, 0.2) is 0 Å². The molecular weight excluding hydrogens is 360 g/mol. The van der Waals surface area contributed by atoms with Gasteiger partial charge in [-0.15, -0.1) is 0 Å². The Labute approximate surface area is 169 Å². The van der Waals surface area contributed by atoms with Crippen LogP contribution in [-0.2, 0) is 28.7 Å². The van der Waals surface area contributed by atoms with Gasteiger partial charge < -0.3 is 9.47 Å². The van der Waals surface area contributed by atoms with Crippen molar-refractivity contribution in [2.75, 3.05) is 0 Å². The van der Waals surface area contributed by atoms with E-state index in [1.54, 1.807) is 0 Å². The standard InChI is InChI=1S/C22H38O6/c1-3-5-7-9-11-15-19(23)27-21(25)17-13-14-18-22(26)28-20(24)16-12-10-8-6-4-2/h3-18H2,1-2H3. The number of hydrogen-bond acceptors (Lipinski definition) is 6. The van der Waals surface area contributed by atoms with Gasteiger partial charge in [0.15, 0.2) is 0 Å². The molecule has 6 heteroatoms. The van der Waals surface area contributed by atoms with E-state index in [2.05, 4.69) is 13.8 Å². The summed E-state index contributed by atoms with van der Waals surface area (Å²) in [7, 11) is 0. The third kappa shape index (κ3) is 17.7. The third-order valence-electron chi connectivity index (χ3n) is 4.44. The number of rotatable bonds is 17. The molecule has 0 spiro atoms. The summed E-state index contributed by atoms with van der Waals surface area (Å²) in [6, 6.07) is 0. The van der Waals surface area contributed by atoms with E-state index in [1.165, 1.54) is 0 Å². The lowest BCUT2D eigenvalue weighted by atomic mass is 10.1. The van der Waals surface area contributed by atoms with Gasteiger partial charge in [0.05, 0.1) is 0 Å². The number of hydrogen-bond donors (Lipinski definition) is 0. The molecule has 0 atom stereocenters. The molecular formula is C22H38O6. The van der Waals surface area contributed by atoms with E-state index in [0.717, 1.165) is 64.2 Å². The molecule has 0 radical (unpaired) electrons. The van der Waals surface area contributed by atoms with Gasteiger partial charge in [-0.25, -0.2) is 0 Å². The Morgan fingerprint density at radius 1 is 0.429 bits per heavy atom. The summed E-state index contributed by atoms with van der Waals surface area (Å²) in [6.07, 6.45) is 11.7. The zero-order chi connectivity index (χ0) is 21.0. The highest BCUT2D eigenvalue weighted by atomic mass is 16.6. The van der Waals surface area contributed by atoms with Gasteiger partial charge in [0.25, 0.3) is 0 Å². The molecule has 162 valence electrons. The maximum atomic E-state index is 11.6. The summed E-state index contributed by atoms with van der Waals surface area (Å²) in [5, 5.41) is 0. The first-order valence-corrected chi connectivity index (χ1v) is 11.0. The van der Waals surface area contributed by atoms with Gasteiger partial charge in [0.2, 0.25) is 0 Å². The van der Waals surface area contributed by atoms with Crippen molar-refractivity contribution in [1.82, 2.24) is 0 Å². The van der Waals surface area contributed by atoms with Crippen molar-refractivity contribution in [3.05, 3.63) is 0 Å². The lowest BCUT2D eigenvalue weighted by Crippen LogP contribution is -2.13. The van der Waals surface area contributed by atoms with Crippen LogP contribution in [-0.4, -0.2) is 23.9 Å². The van der Waals surface area contributed by atoms with Crippen LogP contribution in [0.5, 0.6) is 0 Å². The normalized spacial score (nSPS) is 10.5. The number of carbonyl (C=O) groups is 4. The fraction of sp³-hybridized carbons (Fsp3) is 0.818. The zero-order valence-electron chi connectivity index (χ0n) is 17.8. The Bertz CT molecular complexity index is 416. The second kappa shape index (κ2) is 18.6. The zero-order valence-corrected chi connectivity index (χ0v) is 17.8. The first-order valence-electron chi connectivity index (χ1n) is 11.0. The second-order valence-electron chi connectivity index (χ2n) is 7.23. The molecule has 0 rings (SSSR count). The van der Waals surface area contributed by atoms with Gasteiger partial charge >= 0.3 is 23.9 Å². The minimum Gasteiger partial charge on any atom is -0.393 e. The van der Waals surface area contributed by atoms with E-state index in [4.69, 9.17) is 9.47 Å². The summed E-state index contributed by atoms with van der Waals surface area (Å²) < 4.78 is 9.51. The maximum absolute atomic E-state index is 11.6. The lowest BCUT2D eigenvalue weighted by molar-refractivity contribution is -0.162.